The zero-order chi connectivity index (χ0) is 24.9. The molecule has 11 heteroatoms. The maximum Gasteiger partial charge on any atom is 0.275 e. The van der Waals surface area contributed by atoms with E-state index in [1.54, 1.807) is 0 Å². The molecule has 4 aromatic heterocycles. The second-order valence-electron chi connectivity index (χ2n) is 10.2. The van der Waals surface area contributed by atoms with E-state index in [2.05, 4.69) is 52.9 Å². The quantitative estimate of drug-likeness (QED) is 0.400. The topological polar surface area (TPSA) is 97.0 Å². The van der Waals surface area contributed by atoms with Gasteiger partial charge in [0.1, 0.15) is 11.5 Å². The molecule has 0 aromatic carbocycles. The van der Waals surface area contributed by atoms with Gasteiger partial charge in [-0.25, -0.2) is 19.9 Å². The highest BCUT2D eigenvalue weighted by atomic mass is 32.1. The molecule has 0 spiro atoms. The monoisotopic (exact) mass is 515 g/mol. The molecule has 0 bridgehead atoms. The number of rotatable bonds is 7. The second kappa shape index (κ2) is 9.07. The number of hydrogen-bond acceptors (Lipinski definition) is 8. The van der Waals surface area contributed by atoms with Gasteiger partial charge in [0.05, 0.1) is 29.6 Å². The predicted octanol–water partition coefficient (Wildman–Crippen LogP) is 3.80. The Kier molecular flexibility index (Phi) is 5.54. The highest BCUT2D eigenvalue weighted by molar-refractivity contribution is 7.13. The zero-order valence-electron chi connectivity index (χ0n) is 20.7. The smallest absolute Gasteiger partial charge is 0.275 e. The lowest BCUT2D eigenvalue weighted by Gasteiger charge is -2.35. The Morgan fingerprint density at radius 3 is 2.68 bits per heavy atom. The number of aromatic nitrogens is 6. The van der Waals surface area contributed by atoms with Gasteiger partial charge in [0, 0.05) is 62.1 Å². The number of imidazole rings is 2. The molecule has 2 aliphatic carbocycles. The van der Waals surface area contributed by atoms with Crippen molar-refractivity contribution in [2.24, 2.45) is 0 Å². The molecule has 1 N–H and O–H groups in total. The number of thiazole rings is 1. The Hall–Kier alpha value is -3.57. The SMILES string of the molecule is CN1CCN(c2cnc(C(=O)Nc3csc(-c4nccn4C4CC4)n3)cc2-n2cnc(C3CC3)c2)CC1. The lowest BCUT2D eigenvalue weighted by molar-refractivity contribution is 0.102. The summed E-state index contributed by atoms with van der Waals surface area (Å²) in [5.74, 6) is 1.65. The van der Waals surface area contributed by atoms with Gasteiger partial charge in [0.15, 0.2) is 10.8 Å². The summed E-state index contributed by atoms with van der Waals surface area (Å²) in [5, 5.41) is 5.60. The Morgan fingerprint density at radius 2 is 1.89 bits per heavy atom. The summed E-state index contributed by atoms with van der Waals surface area (Å²) in [4.78, 5) is 36.3. The summed E-state index contributed by atoms with van der Waals surface area (Å²) in [5.41, 5.74) is 3.41. The highest BCUT2D eigenvalue weighted by Gasteiger charge is 2.28. The third kappa shape index (κ3) is 4.53. The van der Waals surface area contributed by atoms with Gasteiger partial charge in [-0.3, -0.25) is 4.79 Å². The standard InChI is InChI=1S/C26H29N9OS/c1-32-8-10-33(11-9-32)22-13-28-19(12-21(22)34-14-20(29-16-34)17-2-3-17)25(36)30-23-15-37-26(31-23)24-27-6-7-35(24)18-4-5-18/h6-7,12-18H,2-5,8-11H2,1H3,(H,30,36). The minimum Gasteiger partial charge on any atom is -0.366 e. The van der Waals surface area contributed by atoms with Crippen molar-refractivity contribution in [3.05, 3.63) is 53.9 Å². The van der Waals surface area contributed by atoms with E-state index in [1.165, 1.54) is 37.0 Å². The molecule has 7 rings (SSSR count). The average Bonchev–Trinajstić information content (AvgIpc) is 3.79. The van der Waals surface area contributed by atoms with Gasteiger partial charge >= 0.3 is 0 Å². The first-order valence-electron chi connectivity index (χ1n) is 12.9. The molecule has 1 aliphatic heterocycles. The van der Waals surface area contributed by atoms with Crippen LogP contribution in [0.5, 0.6) is 0 Å². The number of nitrogens with zero attached hydrogens (tertiary/aromatic N) is 8. The fourth-order valence-electron chi connectivity index (χ4n) is 4.86. The number of hydrogen-bond donors (Lipinski definition) is 1. The van der Waals surface area contributed by atoms with Crippen LogP contribution < -0.4 is 10.2 Å². The molecular formula is C26H29N9OS. The molecule has 0 radical (unpaired) electrons. The Morgan fingerprint density at radius 1 is 1.05 bits per heavy atom. The Labute approximate surface area is 219 Å². The second-order valence-corrected chi connectivity index (χ2v) is 11.1. The van der Waals surface area contributed by atoms with Crippen LogP contribution in [0.4, 0.5) is 11.5 Å². The molecule has 1 saturated heterocycles. The zero-order valence-corrected chi connectivity index (χ0v) is 21.6. The van der Waals surface area contributed by atoms with Crippen molar-refractivity contribution in [3.63, 3.8) is 0 Å². The summed E-state index contributed by atoms with van der Waals surface area (Å²) >= 11 is 1.48. The molecule has 4 aromatic rings. The van der Waals surface area contributed by atoms with Crippen LogP contribution in [0, 0.1) is 0 Å². The number of piperazine rings is 1. The summed E-state index contributed by atoms with van der Waals surface area (Å²) in [6.07, 6.45) is 14.3. The largest absolute Gasteiger partial charge is 0.366 e. The third-order valence-corrected chi connectivity index (χ3v) is 8.20. The Bertz CT molecular complexity index is 1440. The van der Waals surface area contributed by atoms with E-state index in [0.29, 0.717) is 23.5 Å². The van der Waals surface area contributed by atoms with Crippen LogP contribution in [0.25, 0.3) is 16.5 Å². The molecule has 0 atom stereocenters. The number of likely N-dealkylation sites (N-methyl/N-ethyl adjacent to an activating group) is 1. The highest BCUT2D eigenvalue weighted by Crippen LogP contribution is 2.40. The van der Waals surface area contributed by atoms with Crippen molar-refractivity contribution >= 4 is 28.7 Å². The van der Waals surface area contributed by atoms with Crippen LogP contribution in [0.2, 0.25) is 0 Å². The molecule has 37 heavy (non-hydrogen) atoms. The number of carbonyl (C=O) groups is 1. The van der Waals surface area contributed by atoms with Crippen LogP contribution in [-0.2, 0) is 0 Å². The number of pyridine rings is 1. The molecule has 5 heterocycles. The van der Waals surface area contributed by atoms with Gasteiger partial charge in [-0.2, -0.15) is 0 Å². The van der Waals surface area contributed by atoms with Gasteiger partial charge in [-0.05, 0) is 38.8 Å². The van der Waals surface area contributed by atoms with Crippen LogP contribution in [0.15, 0.2) is 42.6 Å². The molecule has 2 saturated carbocycles. The normalized spacial score (nSPS) is 18.4. The van der Waals surface area contributed by atoms with Crippen LogP contribution in [0.1, 0.15) is 53.8 Å². The Balaban J connectivity index is 1.15. The average molecular weight is 516 g/mol. The van der Waals surface area contributed by atoms with Crippen LogP contribution in [0.3, 0.4) is 0 Å². The third-order valence-electron chi connectivity index (χ3n) is 7.36. The summed E-state index contributed by atoms with van der Waals surface area (Å²) < 4.78 is 4.22. The summed E-state index contributed by atoms with van der Waals surface area (Å²) in [7, 11) is 2.14. The molecule has 1 amide bonds. The predicted molar refractivity (Wildman–Crippen MR) is 143 cm³/mol. The van der Waals surface area contributed by atoms with Crippen molar-refractivity contribution in [2.75, 3.05) is 43.4 Å². The minimum absolute atomic E-state index is 0.281. The molecule has 0 unspecified atom stereocenters. The van der Waals surface area contributed by atoms with E-state index in [9.17, 15) is 4.79 Å². The number of nitrogens with one attached hydrogen (secondary N) is 1. The van der Waals surface area contributed by atoms with Crippen molar-refractivity contribution in [2.45, 2.75) is 37.6 Å². The van der Waals surface area contributed by atoms with E-state index < -0.39 is 0 Å². The molecule has 10 nitrogen and oxygen atoms in total. The van der Waals surface area contributed by atoms with Crippen molar-refractivity contribution < 1.29 is 4.79 Å². The lowest BCUT2D eigenvalue weighted by Crippen LogP contribution is -2.44. The molecule has 3 fully saturated rings. The first-order valence-corrected chi connectivity index (χ1v) is 13.8. The van der Waals surface area contributed by atoms with E-state index >= 15 is 0 Å². The minimum atomic E-state index is -0.281. The maximum atomic E-state index is 13.3. The van der Waals surface area contributed by atoms with Gasteiger partial charge in [0.2, 0.25) is 0 Å². The number of amides is 1. The van der Waals surface area contributed by atoms with E-state index in [0.717, 1.165) is 54.1 Å². The number of carbonyl (C=O) groups excluding carboxylic acids is 1. The van der Waals surface area contributed by atoms with Gasteiger partial charge in [-0.15, -0.1) is 11.3 Å². The van der Waals surface area contributed by atoms with Gasteiger partial charge < -0.3 is 24.3 Å². The maximum absolute atomic E-state index is 13.3. The van der Waals surface area contributed by atoms with E-state index in [-0.39, 0.29) is 5.91 Å². The number of anilines is 2. The van der Waals surface area contributed by atoms with Crippen LogP contribution >= 0.6 is 11.3 Å². The van der Waals surface area contributed by atoms with Gasteiger partial charge in [-0.1, -0.05) is 0 Å². The van der Waals surface area contributed by atoms with E-state index in [1.807, 2.05) is 40.9 Å². The van der Waals surface area contributed by atoms with Crippen molar-refractivity contribution in [1.29, 1.82) is 0 Å². The molecule has 190 valence electrons. The first-order chi connectivity index (χ1) is 18.1. The van der Waals surface area contributed by atoms with Crippen molar-refractivity contribution in [3.8, 4) is 16.5 Å². The van der Waals surface area contributed by atoms with Gasteiger partial charge in [0.25, 0.3) is 5.91 Å². The fraction of sp³-hybridized carbons (Fsp3) is 0.423. The summed E-state index contributed by atoms with van der Waals surface area (Å²) in [6.45, 7) is 3.81. The molecule has 3 aliphatic rings. The molecular weight excluding hydrogens is 486 g/mol. The van der Waals surface area contributed by atoms with E-state index in [4.69, 9.17) is 0 Å². The lowest BCUT2D eigenvalue weighted by atomic mass is 10.2. The summed E-state index contributed by atoms with van der Waals surface area (Å²) in [6, 6.07) is 2.39. The fourth-order valence-corrected chi connectivity index (χ4v) is 5.61. The van der Waals surface area contributed by atoms with Crippen molar-refractivity contribution in [1.82, 2.24) is 34.0 Å². The van der Waals surface area contributed by atoms with Crippen LogP contribution in [-0.4, -0.2) is 73.1 Å². The first kappa shape index (κ1) is 22.6.